The van der Waals surface area contributed by atoms with Crippen LogP contribution in [-0.4, -0.2) is 18.2 Å². The first-order valence-corrected chi connectivity index (χ1v) is 9.96. The van der Waals surface area contributed by atoms with E-state index in [9.17, 15) is 9.59 Å². The Morgan fingerprint density at radius 3 is 2.59 bits per heavy atom. The first-order chi connectivity index (χ1) is 13.1. The van der Waals surface area contributed by atoms with E-state index in [-0.39, 0.29) is 24.5 Å². The van der Waals surface area contributed by atoms with E-state index in [0.717, 1.165) is 48.2 Å². The molecule has 4 rings (SSSR count). The molecule has 1 aliphatic carbocycles. The Morgan fingerprint density at radius 1 is 0.926 bits per heavy atom. The number of ketones is 1. The zero-order chi connectivity index (χ0) is 18.8. The zero-order valence-electron chi connectivity index (χ0n) is 15.7. The molecule has 140 valence electrons. The van der Waals surface area contributed by atoms with Crippen LogP contribution in [0.2, 0.25) is 0 Å². The van der Waals surface area contributed by atoms with Crippen molar-refractivity contribution < 1.29 is 9.59 Å². The molecule has 1 heterocycles. The van der Waals surface area contributed by atoms with E-state index in [1.807, 2.05) is 30.3 Å². The van der Waals surface area contributed by atoms with Crippen LogP contribution in [-0.2, 0) is 24.1 Å². The molecule has 0 atom stereocenters. The second kappa shape index (κ2) is 7.55. The fourth-order valence-corrected chi connectivity index (χ4v) is 4.32. The number of benzene rings is 2. The summed E-state index contributed by atoms with van der Waals surface area (Å²) in [5.41, 5.74) is 12.2. The first kappa shape index (κ1) is 17.8. The third kappa shape index (κ3) is 3.61. The van der Waals surface area contributed by atoms with Gasteiger partial charge in [0.05, 0.1) is 0 Å². The van der Waals surface area contributed by atoms with Crippen molar-refractivity contribution in [3.8, 4) is 0 Å². The van der Waals surface area contributed by atoms with Crippen molar-refractivity contribution in [2.75, 3.05) is 17.2 Å². The average molecular weight is 362 g/mol. The summed E-state index contributed by atoms with van der Waals surface area (Å²) in [4.78, 5) is 27.2. The van der Waals surface area contributed by atoms with Gasteiger partial charge in [-0.2, -0.15) is 0 Å². The quantitative estimate of drug-likeness (QED) is 0.658. The molecule has 0 saturated heterocycles. The van der Waals surface area contributed by atoms with Crippen molar-refractivity contribution in [2.24, 2.45) is 0 Å². The molecule has 0 bridgehead atoms. The van der Waals surface area contributed by atoms with E-state index in [2.05, 4.69) is 6.07 Å². The van der Waals surface area contributed by atoms with Gasteiger partial charge in [0, 0.05) is 36.3 Å². The lowest BCUT2D eigenvalue weighted by molar-refractivity contribution is -0.118. The maximum Gasteiger partial charge on any atom is 0.227 e. The van der Waals surface area contributed by atoms with Crippen molar-refractivity contribution in [3.05, 3.63) is 58.7 Å². The summed E-state index contributed by atoms with van der Waals surface area (Å²) >= 11 is 0. The first-order valence-electron chi connectivity index (χ1n) is 9.96. The van der Waals surface area contributed by atoms with Gasteiger partial charge in [0.2, 0.25) is 5.91 Å². The number of nitrogen functional groups attached to an aromatic ring is 1. The summed E-state index contributed by atoms with van der Waals surface area (Å²) in [6.07, 6.45) is 6.90. The molecular formula is C23H26N2O2. The van der Waals surface area contributed by atoms with Gasteiger partial charge in [0.1, 0.15) is 0 Å². The monoisotopic (exact) mass is 362 g/mol. The zero-order valence-corrected chi connectivity index (χ0v) is 15.7. The molecule has 27 heavy (non-hydrogen) atoms. The van der Waals surface area contributed by atoms with Crippen LogP contribution in [0.1, 0.15) is 59.2 Å². The maximum atomic E-state index is 12.8. The molecule has 4 heteroatoms. The predicted molar refractivity (Wildman–Crippen MR) is 108 cm³/mol. The Labute approximate surface area is 160 Å². The van der Waals surface area contributed by atoms with E-state index in [1.165, 1.54) is 24.0 Å². The summed E-state index contributed by atoms with van der Waals surface area (Å²) in [5, 5.41) is 0. The largest absolute Gasteiger partial charge is 0.398 e. The topological polar surface area (TPSA) is 63.4 Å². The number of Topliss-reactive ketones (excluding diaryl/α,β-unsaturated/α-hetero) is 1. The van der Waals surface area contributed by atoms with Crippen LogP contribution >= 0.6 is 0 Å². The minimum absolute atomic E-state index is 0.00728. The lowest BCUT2D eigenvalue weighted by Gasteiger charge is -2.30. The number of hydrogen-bond donors (Lipinski definition) is 1. The van der Waals surface area contributed by atoms with Gasteiger partial charge < -0.3 is 10.6 Å². The fourth-order valence-electron chi connectivity index (χ4n) is 4.32. The normalized spacial score (nSPS) is 15.8. The molecule has 2 aliphatic rings. The molecular weight excluding hydrogens is 336 g/mol. The third-order valence-electron chi connectivity index (χ3n) is 5.82. The average Bonchev–Trinajstić information content (AvgIpc) is 2.71. The summed E-state index contributed by atoms with van der Waals surface area (Å²) in [5.74, 6) is 0.0643. The highest BCUT2D eigenvalue weighted by Gasteiger charge is 2.24. The fraction of sp³-hybridized carbons (Fsp3) is 0.391. The van der Waals surface area contributed by atoms with Gasteiger partial charge in [-0.1, -0.05) is 18.2 Å². The lowest BCUT2D eigenvalue weighted by atomic mass is 9.89. The molecule has 2 aromatic rings. The molecule has 0 unspecified atom stereocenters. The lowest BCUT2D eigenvalue weighted by Crippen LogP contribution is -2.35. The van der Waals surface area contributed by atoms with E-state index >= 15 is 0 Å². The number of amides is 1. The predicted octanol–water partition coefficient (Wildman–Crippen LogP) is 4.09. The number of aryl methyl sites for hydroxylation is 2. The van der Waals surface area contributed by atoms with Crippen molar-refractivity contribution in [1.29, 1.82) is 0 Å². The number of hydrogen-bond acceptors (Lipinski definition) is 3. The Hall–Kier alpha value is -2.62. The molecule has 0 saturated carbocycles. The Bertz CT molecular complexity index is 888. The number of rotatable bonds is 4. The second-order valence-corrected chi connectivity index (χ2v) is 7.61. The standard InChI is InChI=1S/C23H26N2O2/c24-20-8-3-9-21-19(20)7-4-14-25(21)23(27)13-12-22(26)18-11-10-16-5-1-2-6-17(16)15-18/h3,8-11,15H,1-2,4-7,12-14,24H2. The Morgan fingerprint density at radius 2 is 1.74 bits per heavy atom. The number of fused-ring (bicyclic) bond motifs is 2. The van der Waals surface area contributed by atoms with Crippen molar-refractivity contribution in [2.45, 2.75) is 51.4 Å². The number of nitrogens with two attached hydrogens (primary N) is 1. The van der Waals surface area contributed by atoms with E-state index in [1.54, 1.807) is 4.90 Å². The van der Waals surface area contributed by atoms with Gasteiger partial charge in [-0.25, -0.2) is 0 Å². The van der Waals surface area contributed by atoms with E-state index < -0.39 is 0 Å². The van der Waals surface area contributed by atoms with Crippen LogP contribution < -0.4 is 10.6 Å². The molecule has 2 aromatic carbocycles. The van der Waals surface area contributed by atoms with Crippen LogP contribution in [0.25, 0.3) is 0 Å². The molecule has 0 aromatic heterocycles. The molecule has 1 amide bonds. The van der Waals surface area contributed by atoms with Crippen LogP contribution in [0.5, 0.6) is 0 Å². The van der Waals surface area contributed by atoms with Gasteiger partial charge in [-0.3, -0.25) is 9.59 Å². The highest BCUT2D eigenvalue weighted by Crippen LogP contribution is 2.32. The maximum absolute atomic E-state index is 12.8. The van der Waals surface area contributed by atoms with Gasteiger partial charge >= 0.3 is 0 Å². The molecule has 0 radical (unpaired) electrons. The minimum Gasteiger partial charge on any atom is -0.398 e. The SMILES string of the molecule is Nc1cccc2c1CCCN2C(=O)CCC(=O)c1ccc2c(c1)CCCC2. The van der Waals surface area contributed by atoms with Crippen molar-refractivity contribution in [3.63, 3.8) is 0 Å². The molecule has 0 fully saturated rings. The molecule has 1 aliphatic heterocycles. The number of anilines is 2. The molecule has 4 nitrogen and oxygen atoms in total. The third-order valence-corrected chi connectivity index (χ3v) is 5.82. The van der Waals surface area contributed by atoms with Crippen LogP contribution in [0.15, 0.2) is 36.4 Å². The molecule has 0 spiro atoms. The number of carbonyl (C=O) groups is 2. The van der Waals surface area contributed by atoms with Crippen LogP contribution in [0.4, 0.5) is 11.4 Å². The summed E-state index contributed by atoms with van der Waals surface area (Å²) in [6.45, 7) is 0.697. The highest BCUT2D eigenvalue weighted by molar-refractivity contribution is 6.01. The number of nitrogens with zero attached hydrogens (tertiary/aromatic N) is 1. The van der Waals surface area contributed by atoms with Crippen molar-refractivity contribution in [1.82, 2.24) is 0 Å². The van der Waals surface area contributed by atoms with E-state index in [4.69, 9.17) is 5.73 Å². The van der Waals surface area contributed by atoms with Crippen LogP contribution in [0.3, 0.4) is 0 Å². The summed E-state index contributed by atoms with van der Waals surface area (Å²) in [7, 11) is 0. The summed E-state index contributed by atoms with van der Waals surface area (Å²) in [6, 6.07) is 11.8. The van der Waals surface area contributed by atoms with E-state index in [0.29, 0.717) is 6.54 Å². The minimum atomic E-state index is 0.00728. The van der Waals surface area contributed by atoms with Gasteiger partial charge in [-0.05, 0) is 73.4 Å². The van der Waals surface area contributed by atoms with Crippen LogP contribution in [0, 0.1) is 0 Å². The highest BCUT2D eigenvalue weighted by atomic mass is 16.2. The second-order valence-electron chi connectivity index (χ2n) is 7.61. The Kier molecular flexibility index (Phi) is 4.97. The van der Waals surface area contributed by atoms with Crippen molar-refractivity contribution >= 4 is 23.1 Å². The smallest absolute Gasteiger partial charge is 0.227 e. The Balaban J connectivity index is 1.43. The number of carbonyl (C=O) groups excluding carboxylic acids is 2. The van der Waals surface area contributed by atoms with Gasteiger partial charge in [0.15, 0.2) is 5.78 Å². The van der Waals surface area contributed by atoms with Gasteiger partial charge in [-0.15, -0.1) is 0 Å². The van der Waals surface area contributed by atoms with Gasteiger partial charge in [0.25, 0.3) is 0 Å². The summed E-state index contributed by atoms with van der Waals surface area (Å²) < 4.78 is 0. The molecule has 2 N–H and O–H groups in total.